The van der Waals surface area contributed by atoms with Crippen molar-refractivity contribution in [3.05, 3.63) is 36.2 Å². The van der Waals surface area contributed by atoms with Gasteiger partial charge in [0.15, 0.2) is 0 Å². The van der Waals surface area contributed by atoms with E-state index in [9.17, 15) is 8.42 Å². The van der Waals surface area contributed by atoms with Crippen molar-refractivity contribution in [1.82, 2.24) is 14.6 Å². The molecule has 5 nitrogen and oxygen atoms in total. The number of fused-ring (bicyclic) bond motifs is 1. The summed E-state index contributed by atoms with van der Waals surface area (Å²) in [5.41, 5.74) is 0.882. The number of nitrogens with zero attached hydrogens (tertiary/aromatic N) is 2. The summed E-state index contributed by atoms with van der Waals surface area (Å²) in [6, 6.07) is 5.68. The lowest BCUT2D eigenvalue weighted by Gasteiger charge is -2.35. The summed E-state index contributed by atoms with van der Waals surface area (Å²) in [6.45, 7) is 6.91. The molecule has 1 aliphatic heterocycles. The number of halogens is 2. The van der Waals surface area contributed by atoms with Crippen molar-refractivity contribution >= 4 is 45.6 Å². The molecule has 2 aromatic rings. The predicted octanol–water partition coefficient (Wildman–Crippen LogP) is 2.76. The van der Waals surface area contributed by atoms with E-state index in [-0.39, 0.29) is 36.9 Å². The molecule has 1 saturated heterocycles. The summed E-state index contributed by atoms with van der Waals surface area (Å²) < 4.78 is 27.8. The normalized spacial score (nSPS) is 21.8. The Bertz CT molecular complexity index is 799. The quantitative estimate of drug-likeness (QED) is 0.854. The maximum Gasteiger partial charge on any atom is 0.243 e. The molecule has 2 heterocycles. The average Bonchev–Trinajstić information content (AvgIpc) is 2.46. The number of hydrogen-bond acceptors (Lipinski definition) is 4. The summed E-state index contributed by atoms with van der Waals surface area (Å²) in [5.74, 6) is 0. The summed E-state index contributed by atoms with van der Waals surface area (Å²) in [4.78, 5) is 4.53. The molecular formula is C16H23Cl2N3O2S. The monoisotopic (exact) mass is 391 g/mol. The number of pyridine rings is 1. The third kappa shape index (κ3) is 3.83. The van der Waals surface area contributed by atoms with Gasteiger partial charge in [-0.2, -0.15) is 4.31 Å². The second-order valence-electron chi connectivity index (χ2n) is 6.10. The van der Waals surface area contributed by atoms with E-state index < -0.39 is 10.0 Å². The summed E-state index contributed by atoms with van der Waals surface area (Å²) in [5, 5.41) is 5.00. The predicted molar refractivity (Wildman–Crippen MR) is 102 cm³/mol. The minimum Gasteiger partial charge on any atom is -0.309 e. The Morgan fingerprint density at radius 2 is 1.75 bits per heavy atom. The first-order valence-electron chi connectivity index (χ1n) is 7.49. The van der Waals surface area contributed by atoms with Crippen LogP contribution in [0.25, 0.3) is 10.8 Å². The van der Waals surface area contributed by atoms with Crippen LogP contribution in [-0.2, 0) is 10.0 Å². The lowest BCUT2D eigenvalue weighted by atomic mass is 10.1. The molecule has 1 aliphatic rings. The minimum atomic E-state index is -3.51. The fourth-order valence-corrected chi connectivity index (χ4v) is 5.10. The molecule has 0 saturated carbocycles. The summed E-state index contributed by atoms with van der Waals surface area (Å²) >= 11 is 0. The highest BCUT2D eigenvalue weighted by molar-refractivity contribution is 7.89. The van der Waals surface area contributed by atoms with Gasteiger partial charge in [0, 0.05) is 48.3 Å². The number of aryl methyl sites for hydroxylation is 1. The second kappa shape index (κ2) is 7.97. The fraction of sp³-hybridized carbons (Fsp3) is 0.438. The molecule has 3 rings (SSSR count). The van der Waals surface area contributed by atoms with Crippen molar-refractivity contribution in [3.63, 3.8) is 0 Å². The van der Waals surface area contributed by atoms with Crippen molar-refractivity contribution in [2.45, 2.75) is 37.8 Å². The molecule has 1 aromatic heterocycles. The third-order valence-electron chi connectivity index (χ3n) is 4.08. The van der Waals surface area contributed by atoms with Crippen LogP contribution in [-0.4, -0.2) is 42.9 Å². The van der Waals surface area contributed by atoms with Crippen LogP contribution in [0.2, 0.25) is 0 Å². The van der Waals surface area contributed by atoms with Gasteiger partial charge in [0.2, 0.25) is 10.0 Å². The maximum absolute atomic E-state index is 13.1. The van der Waals surface area contributed by atoms with Gasteiger partial charge in [0.1, 0.15) is 0 Å². The van der Waals surface area contributed by atoms with E-state index in [0.29, 0.717) is 18.0 Å². The maximum atomic E-state index is 13.1. The smallest absolute Gasteiger partial charge is 0.243 e. The highest BCUT2D eigenvalue weighted by Gasteiger charge is 2.32. The summed E-state index contributed by atoms with van der Waals surface area (Å²) in [6.07, 6.45) is 3.43. The molecule has 24 heavy (non-hydrogen) atoms. The Morgan fingerprint density at radius 3 is 2.38 bits per heavy atom. The zero-order valence-corrected chi connectivity index (χ0v) is 16.3. The van der Waals surface area contributed by atoms with Crippen LogP contribution in [0.4, 0.5) is 0 Å². The Kier molecular flexibility index (Phi) is 7.02. The van der Waals surface area contributed by atoms with Crippen molar-refractivity contribution < 1.29 is 8.42 Å². The van der Waals surface area contributed by atoms with Gasteiger partial charge in [-0.25, -0.2) is 8.42 Å². The molecule has 0 bridgehead atoms. The number of piperazine rings is 1. The zero-order chi connectivity index (χ0) is 15.9. The van der Waals surface area contributed by atoms with Crippen LogP contribution in [0.5, 0.6) is 0 Å². The molecular weight excluding hydrogens is 369 g/mol. The first-order chi connectivity index (χ1) is 10.4. The van der Waals surface area contributed by atoms with E-state index in [4.69, 9.17) is 0 Å². The van der Waals surface area contributed by atoms with Crippen molar-refractivity contribution in [3.8, 4) is 0 Å². The first-order valence-corrected chi connectivity index (χ1v) is 8.93. The van der Waals surface area contributed by atoms with Gasteiger partial charge in [-0.1, -0.05) is 12.1 Å². The standard InChI is InChI=1S/C16H21N3O2S.2ClH/c1-11-7-17-8-14-5-4-6-15(16(11)14)22(20,21)19-9-12(2)18-13(3)10-19;;/h4-8,12-13,18H,9-10H2,1-3H3;2*1H. The third-order valence-corrected chi connectivity index (χ3v) is 5.95. The van der Waals surface area contributed by atoms with Crippen molar-refractivity contribution in [2.24, 2.45) is 0 Å². The van der Waals surface area contributed by atoms with Crippen molar-refractivity contribution in [2.75, 3.05) is 13.1 Å². The number of aromatic nitrogens is 1. The van der Waals surface area contributed by atoms with Crippen LogP contribution in [0, 0.1) is 6.92 Å². The van der Waals surface area contributed by atoms with Crippen LogP contribution in [0.15, 0.2) is 35.5 Å². The molecule has 1 N–H and O–H groups in total. The van der Waals surface area contributed by atoms with Gasteiger partial charge >= 0.3 is 0 Å². The molecule has 2 atom stereocenters. The number of hydrogen-bond donors (Lipinski definition) is 1. The number of nitrogens with one attached hydrogen (secondary N) is 1. The first kappa shape index (κ1) is 21.1. The highest BCUT2D eigenvalue weighted by Crippen LogP contribution is 2.28. The zero-order valence-electron chi connectivity index (χ0n) is 13.9. The average molecular weight is 392 g/mol. The van der Waals surface area contributed by atoms with Gasteiger partial charge in [0.05, 0.1) is 4.90 Å². The van der Waals surface area contributed by atoms with Crippen LogP contribution in [0.3, 0.4) is 0 Å². The Balaban J connectivity index is 0.00000144. The van der Waals surface area contributed by atoms with Gasteiger partial charge in [-0.05, 0) is 32.4 Å². The van der Waals surface area contributed by atoms with E-state index >= 15 is 0 Å². The molecule has 1 aromatic carbocycles. The molecule has 8 heteroatoms. The van der Waals surface area contributed by atoms with E-state index in [1.165, 1.54) is 0 Å². The van der Waals surface area contributed by atoms with Gasteiger partial charge in [-0.3, -0.25) is 4.98 Å². The van der Waals surface area contributed by atoms with E-state index in [0.717, 1.165) is 16.3 Å². The fourth-order valence-electron chi connectivity index (χ4n) is 3.20. The van der Waals surface area contributed by atoms with Crippen molar-refractivity contribution in [1.29, 1.82) is 0 Å². The molecule has 0 spiro atoms. The van der Waals surface area contributed by atoms with E-state index in [2.05, 4.69) is 10.3 Å². The SMILES string of the molecule is Cc1cncc2cccc(S(=O)(=O)N3CC(C)NC(C)C3)c12.Cl.Cl. The lowest BCUT2D eigenvalue weighted by Crippen LogP contribution is -2.55. The molecule has 2 unspecified atom stereocenters. The topological polar surface area (TPSA) is 62.3 Å². The molecule has 134 valence electrons. The van der Waals surface area contributed by atoms with Gasteiger partial charge in [-0.15, -0.1) is 24.8 Å². The number of benzene rings is 1. The minimum absolute atomic E-state index is 0. The van der Waals surface area contributed by atoms with E-state index in [1.807, 2.05) is 26.8 Å². The molecule has 1 fully saturated rings. The number of sulfonamides is 1. The van der Waals surface area contributed by atoms with Crippen LogP contribution >= 0.6 is 24.8 Å². The van der Waals surface area contributed by atoms with Crippen LogP contribution in [0.1, 0.15) is 19.4 Å². The lowest BCUT2D eigenvalue weighted by molar-refractivity contribution is 0.263. The number of rotatable bonds is 2. The largest absolute Gasteiger partial charge is 0.309 e. The van der Waals surface area contributed by atoms with Gasteiger partial charge in [0.25, 0.3) is 0 Å². The molecule has 0 amide bonds. The molecule has 0 radical (unpaired) electrons. The van der Waals surface area contributed by atoms with Crippen LogP contribution < -0.4 is 5.32 Å². The Hall–Kier alpha value is -0.920. The second-order valence-corrected chi connectivity index (χ2v) is 8.01. The highest BCUT2D eigenvalue weighted by atomic mass is 35.5. The Morgan fingerprint density at radius 1 is 1.12 bits per heavy atom. The van der Waals surface area contributed by atoms with Gasteiger partial charge < -0.3 is 5.32 Å². The van der Waals surface area contributed by atoms with E-state index in [1.54, 1.807) is 28.8 Å². The Labute approximate surface area is 155 Å². The molecule has 0 aliphatic carbocycles. The summed E-state index contributed by atoms with van der Waals surface area (Å²) in [7, 11) is -3.51.